The van der Waals surface area contributed by atoms with Gasteiger partial charge in [0.1, 0.15) is 0 Å². The van der Waals surface area contributed by atoms with Crippen LogP contribution in [0.2, 0.25) is 0 Å². The van der Waals surface area contributed by atoms with Gasteiger partial charge in [-0.15, -0.1) is 0 Å². The molecule has 0 radical (unpaired) electrons. The SMILES string of the molecule is O=C(Cc1ccc2c(c1)OCO2)N1CCCN(C(=O)c2ccccc2)CC1. The number of fused-ring (bicyclic) bond motifs is 1. The second-order valence-electron chi connectivity index (χ2n) is 6.76. The van der Waals surface area contributed by atoms with Crippen molar-refractivity contribution in [1.82, 2.24) is 9.80 Å². The molecule has 0 N–H and O–H groups in total. The van der Waals surface area contributed by atoms with Gasteiger partial charge in [-0.05, 0) is 36.2 Å². The molecule has 2 aliphatic heterocycles. The Morgan fingerprint density at radius 3 is 2.44 bits per heavy atom. The number of carbonyl (C=O) groups excluding carboxylic acids is 2. The summed E-state index contributed by atoms with van der Waals surface area (Å²) in [5.74, 6) is 1.51. The van der Waals surface area contributed by atoms with E-state index >= 15 is 0 Å². The van der Waals surface area contributed by atoms with E-state index in [9.17, 15) is 9.59 Å². The molecule has 2 aromatic rings. The smallest absolute Gasteiger partial charge is 0.253 e. The normalized spacial score (nSPS) is 16.1. The molecule has 2 aliphatic rings. The van der Waals surface area contributed by atoms with Gasteiger partial charge in [0.25, 0.3) is 5.91 Å². The molecule has 0 aliphatic carbocycles. The lowest BCUT2D eigenvalue weighted by atomic mass is 10.1. The summed E-state index contributed by atoms with van der Waals surface area (Å²) in [5.41, 5.74) is 1.60. The molecule has 1 saturated heterocycles. The van der Waals surface area contributed by atoms with Crippen molar-refractivity contribution in [1.29, 1.82) is 0 Å². The second-order valence-corrected chi connectivity index (χ2v) is 6.76. The minimum atomic E-state index is 0.0284. The first-order valence-electron chi connectivity index (χ1n) is 9.21. The van der Waals surface area contributed by atoms with Gasteiger partial charge in [0, 0.05) is 31.7 Å². The van der Waals surface area contributed by atoms with E-state index in [1.54, 1.807) is 0 Å². The number of hydrogen-bond donors (Lipinski definition) is 0. The number of amides is 2. The number of hydrogen-bond acceptors (Lipinski definition) is 4. The van der Waals surface area contributed by atoms with Gasteiger partial charge in [0.2, 0.25) is 12.7 Å². The predicted octanol–water partition coefficient (Wildman–Crippen LogP) is 2.33. The Kier molecular flexibility index (Phi) is 4.96. The van der Waals surface area contributed by atoms with Crippen molar-refractivity contribution in [2.45, 2.75) is 12.8 Å². The van der Waals surface area contributed by atoms with Gasteiger partial charge in [-0.2, -0.15) is 0 Å². The van der Waals surface area contributed by atoms with Gasteiger partial charge in [-0.1, -0.05) is 24.3 Å². The Hall–Kier alpha value is -3.02. The van der Waals surface area contributed by atoms with E-state index in [-0.39, 0.29) is 18.6 Å². The fraction of sp³-hybridized carbons (Fsp3) is 0.333. The monoisotopic (exact) mass is 366 g/mol. The van der Waals surface area contributed by atoms with Crippen molar-refractivity contribution in [2.24, 2.45) is 0 Å². The van der Waals surface area contributed by atoms with Crippen LogP contribution in [0.4, 0.5) is 0 Å². The van der Waals surface area contributed by atoms with Crippen LogP contribution < -0.4 is 9.47 Å². The summed E-state index contributed by atoms with van der Waals surface area (Å²) in [6.07, 6.45) is 1.11. The molecule has 0 saturated carbocycles. The Labute approximate surface area is 158 Å². The lowest BCUT2D eigenvalue weighted by Crippen LogP contribution is -2.38. The maximum absolute atomic E-state index is 12.7. The quantitative estimate of drug-likeness (QED) is 0.837. The second kappa shape index (κ2) is 7.70. The summed E-state index contributed by atoms with van der Waals surface area (Å²) in [6, 6.07) is 14.9. The van der Waals surface area contributed by atoms with Crippen LogP contribution in [0.5, 0.6) is 11.5 Å². The first-order valence-corrected chi connectivity index (χ1v) is 9.21. The standard InChI is InChI=1S/C21H22N2O4/c24-20(14-16-7-8-18-19(13-16)27-15-26-18)22-9-4-10-23(12-11-22)21(25)17-5-2-1-3-6-17/h1-3,5-8,13H,4,9-12,14-15H2. The number of rotatable bonds is 3. The van der Waals surface area contributed by atoms with Crippen molar-refractivity contribution in [3.8, 4) is 11.5 Å². The van der Waals surface area contributed by atoms with E-state index in [0.717, 1.165) is 17.7 Å². The summed E-state index contributed by atoms with van der Waals surface area (Å²) < 4.78 is 10.7. The molecule has 27 heavy (non-hydrogen) atoms. The maximum Gasteiger partial charge on any atom is 0.253 e. The zero-order valence-electron chi connectivity index (χ0n) is 15.1. The number of carbonyl (C=O) groups is 2. The first kappa shape index (κ1) is 17.4. The molecule has 1 fully saturated rings. The topological polar surface area (TPSA) is 59.1 Å². The van der Waals surface area contributed by atoms with Gasteiger partial charge in [0.05, 0.1) is 6.42 Å². The summed E-state index contributed by atoms with van der Waals surface area (Å²) >= 11 is 0. The van der Waals surface area contributed by atoms with Gasteiger partial charge >= 0.3 is 0 Å². The highest BCUT2D eigenvalue weighted by atomic mass is 16.7. The van der Waals surface area contributed by atoms with Gasteiger partial charge in [-0.3, -0.25) is 9.59 Å². The molecular formula is C21H22N2O4. The third-order valence-corrected chi connectivity index (χ3v) is 4.95. The Morgan fingerprint density at radius 1 is 0.852 bits per heavy atom. The van der Waals surface area contributed by atoms with Crippen molar-refractivity contribution in [3.05, 3.63) is 59.7 Å². The van der Waals surface area contributed by atoms with Crippen LogP contribution in [0, 0.1) is 0 Å². The summed E-state index contributed by atoms with van der Waals surface area (Å²) in [6.45, 7) is 2.68. The Balaban J connectivity index is 1.36. The Morgan fingerprint density at radius 2 is 1.59 bits per heavy atom. The summed E-state index contributed by atoms with van der Waals surface area (Å²) in [4.78, 5) is 29.0. The fourth-order valence-electron chi connectivity index (χ4n) is 3.47. The van der Waals surface area contributed by atoms with Crippen LogP contribution in [0.25, 0.3) is 0 Å². The van der Waals surface area contributed by atoms with Crippen LogP contribution in [-0.4, -0.2) is 54.6 Å². The van der Waals surface area contributed by atoms with Crippen LogP contribution in [0.15, 0.2) is 48.5 Å². The van der Waals surface area contributed by atoms with Crippen molar-refractivity contribution < 1.29 is 19.1 Å². The number of nitrogens with zero attached hydrogens (tertiary/aromatic N) is 2. The van der Waals surface area contributed by atoms with Crippen molar-refractivity contribution in [3.63, 3.8) is 0 Å². The van der Waals surface area contributed by atoms with Crippen LogP contribution in [-0.2, 0) is 11.2 Å². The molecule has 140 valence electrons. The fourth-order valence-corrected chi connectivity index (χ4v) is 3.47. The average Bonchev–Trinajstić information content (AvgIpc) is 3.02. The highest BCUT2D eigenvalue weighted by Gasteiger charge is 2.23. The van der Waals surface area contributed by atoms with Gasteiger partial charge < -0.3 is 19.3 Å². The number of ether oxygens (including phenoxy) is 2. The Bertz CT molecular complexity index is 837. The van der Waals surface area contributed by atoms with E-state index in [4.69, 9.17) is 9.47 Å². The molecule has 2 heterocycles. The highest BCUT2D eigenvalue weighted by Crippen LogP contribution is 2.32. The molecule has 2 amide bonds. The van der Waals surface area contributed by atoms with Crippen molar-refractivity contribution >= 4 is 11.8 Å². The summed E-state index contributed by atoms with van der Waals surface area (Å²) in [5, 5.41) is 0. The largest absolute Gasteiger partial charge is 0.454 e. The molecule has 0 aromatic heterocycles. The molecular weight excluding hydrogens is 344 g/mol. The van der Waals surface area contributed by atoms with E-state index in [1.165, 1.54) is 0 Å². The van der Waals surface area contributed by atoms with E-state index in [0.29, 0.717) is 43.9 Å². The minimum Gasteiger partial charge on any atom is -0.454 e. The highest BCUT2D eigenvalue weighted by molar-refractivity contribution is 5.94. The maximum atomic E-state index is 12.7. The predicted molar refractivity (Wildman–Crippen MR) is 99.8 cm³/mol. The first-order chi connectivity index (χ1) is 13.2. The molecule has 2 aromatic carbocycles. The third-order valence-electron chi connectivity index (χ3n) is 4.95. The lowest BCUT2D eigenvalue weighted by molar-refractivity contribution is -0.130. The summed E-state index contributed by atoms with van der Waals surface area (Å²) in [7, 11) is 0. The molecule has 6 heteroatoms. The van der Waals surface area contributed by atoms with E-state index in [2.05, 4.69) is 0 Å². The zero-order valence-corrected chi connectivity index (χ0v) is 15.1. The molecule has 4 rings (SSSR count). The molecule has 0 bridgehead atoms. The number of benzene rings is 2. The third kappa shape index (κ3) is 3.89. The minimum absolute atomic E-state index is 0.0284. The van der Waals surface area contributed by atoms with Gasteiger partial charge in [-0.25, -0.2) is 0 Å². The van der Waals surface area contributed by atoms with E-state index < -0.39 is 0 Å². The van der Waals surface area contributed by atoms with Crippen LogP contribution in [0.1, 0.15) is 22.3 Å². The molecule has 0 spiro atoms. The lowest BCUT2D eigenvalue weighted by Gasteiger charge is -2.22. The van der Waals surface area contributed by atoms with Gasteiger partial charge in [0.15, 0.2) is 11.5 Å². The van der Waals surface area contributed by atoms with Crippen LogP contribution in [0.3, 0.4) is 0 Å². The molecule has 0 atom stereocenters. The molecule has 6 nitrogen and oxygen atoms in total. The van der Waals surface area contributed by atoms with Crippen molar-refractivity contribution in [2.75, 3.05) is 33.0 Å². The van der Waals surface area contributed by atoms with E-state index in [1.807, 2.05) is 58.3 Å². The van der Waals surface area contributed by atoms with Crippen LogP contribution >= 0.6 is 0 Å². The average molecular weight is 366 g/mol. The molecule has 0 unspecified atom stereocenters. The zero-order chi connectivity index (χ0) is 18.6.